The molecule has 0 bridgehead atoms. The van der Waals surface area contributed by atoms with Crippen molar-refractivity contribution in [3.63, 3.8) is 0 Å². The van der Waals surface area contributed by atoms with Gasteiger partial charge in [0.05, 0.1) is 13.2 Å². The van der Waals surface area contributed by atoms with E-state index in [0.717, 1.165) is 22.4 Å². The molecule has 2 heteroatoms. The van der Waals surface area contributed by atoms with Crippen LogP contribution in [0, 0.1) is 5.41 Å². The number of rotatable bonds is 3. The van der Waals surface area contributed by atoms with E-state index in [0.29, 0.717) is 0 Å². The molecule has 2 rings (SSSR count). The molecular formula is C18H22O2. The second-order valence-corrected chi connectivity index (χ2v) is 6.09. The zero-order chi connectivity index (χ0) is 14.8. The summed E-state index contributed by atoms with van der Waals surface area (Å²) >= 11 is 0. The Morgan fingerprint density at radius 1 is 0.950 bits per heavy atom. The number of hydrogen-bond donors (Lipinski definition) is 1. The average molecular weight is 270 g/mol. The van der Waals surface area contributed by atoms with Crippen molar-refractivity contribution in [2.24, 2.45) is 5.41 Å². The van der Waals surface area contributed by atoms with Crippen molar-refractivity contribution in [2.75, 3.05) is 7.11 Å². The molecule has 0 aliphatic carbocycles. The molecule has 0 aliphatic heterocycles. The summed E-state index contributed by atoms with van der Waals surface area (Å²) in [5, 5.41) is 10.6. The zero-order valence-corrected chi connectivity index (χ0v) is 12.6. The number of hydrogen-bond acceptors (Lipinski definition) is 2. The van der Waals surface area contributed by atoms with Gasteiger partial charge in [0, 0.05) is 5.56 Å². The molecule has 0 spiro atoms. The predicted molar refractivity (Wildman–Crippen MR) is 82.8 cm³/mol. The number of methoxy groups -OCH3 is 1. The molecule has 0 aromatic heterocycles. The molecule has 2 nitrogen and oxygen atoms in total. The van der Waals surface area contributed by atoms with Gasteiger partial charge in [-0.25, -0.2) is 0 Å². The quantitative estimate of drug-likeness (QED) is 0.893. The standard InChI is InChI=1S/C18H22O2/c1-18(2,3)17(19)15-12-14(10-11-16(15)20-4)13-8-6-5-7-9-13/h5-12,17,19H,1-4H3/t17-/m0/s1. The molecule has 0 heterocycles. The molecule has 1 atom stereocenters. The molecule has 0 aliphatic rings. The van der Waals surface area contributed by atoms with Crippen LogP contribution in [0.2, 0.25) is 0 Å². The van der Waals surface area contributed by atoms with Crippen molar-refractivity contribution in [3.8, 4) is 16.9 Å². The van der Waals surface area contributed by atoms with Crippen molar-refractivity contribution >= 4 is 0 Å². The first-order valence-corrected chi connectivity index (χ1v) is 6.85. The van der Waals surface area contributed by atoms with Crippen molar-refractivity contribution in [1.29, 1.82) is 0 Å². The van der Waals surface area contributed by atoms with Gasteiger partial charge >= 0.3 is 0 Å². The Hall–Kier alpha value is -1.80. The first-order valence-electron chi connectivity index (χ1n) is 6.85. The summed E-state index contributed by atoms with van der Waals surface area (Å²) in [5.41, 5.74) is 2.83. The average Bonchev–Trinajstić information content (AvgIpc) is 2.45. The van der Waals surface area contributed by atoms with Crippen LogP contribution < -0.4 is 4.74 Å². The molecule has 0 radical (unpaired) electrons. The van der Waals surface area contributed by atoms with Gasteiger partial charge in [-0.15, -0.1) is 0 Å². The van der Waals surface area contributed by atoms with Gasteiger partial charge in [-0.3, -0.25) is 0 Å². The van der Waals surface area contributed by atoms with E-state index in [2.05, 4.69) is 12.1 Å². The molecule has 2 aromatic carbocycles. The summed E-state index contributed by atoms with van der Waals surface area (Å²) in [6.07, 6.45) is -0.568. The highest BCUT2D eigenvalue weighted by Crippen LogP contribution is 2.39. The van der Waals surface area contributed by atoms with Gasteiger partial charge in [-0.2, -0.15) is 0 Å². The van der Waals surface area contributed by atoms with Crippen LogP contribution in [0.1, 0.15) is 32.4 Å². The van der Waals surface area contributed by atoms with Gasteiger partial charge in [0.2, 0.25) is 0 Å². The Morgan fingerprint density at radius 2 is 1.60 bits per heavy atom. The highest BCUT2D eigenvalue weighted by atomic mass is 16.5. The maximum absolute atomic E-state index is 10.6. The molecule has 2 aromatic rings. The van der Waals surface area contributed by atoms with Crippen molar-refractivity contribution in [3.05, 3.63) is 54.1 Å². The van der Waals surface area contributed by atoms with Crippen molar-refractivity contribution in [1.82, 2.24) is 0 Å². The van der Waals surface area contributed by atoms with Crippen LogP contribution in [0.3, 0.4) is 0 Å². The maximum Gasteiger partial charge on any atom is 0.124 e. The number of aliphatic hydroxyl groups is 1. The fraction of sp³-hybridized carbons (Fsp3) is 0.333. The summed E-state index contributed by atoms with van der Waals surface area (Å²) in [7, 11) is 1.64. The molecule has 0 fully saturated rings. The smallest absolute Gasteiger partial charge is 0.124 e. The minimum atomic E-state index is -0.568. The van der Waals surface area contributed by atoms with Crippen LogP contribution in [0.5, 0.6) is 5.75 Å². The highest BCUT2D eigenvalue weighted by molar-refractivity contribution is 5.65. The van der Waals surface area contributed by atoms with Gasteiger partial charge in [-0.05, 0) is 28.7 Å². The topological polar surface area (TPSA) is 29.5 Å². The van der Waals surface area contributed by atoms with E-state index >= 15 is 0 Å². The Kier molecular flexibility index (Phi) is 4.15. The van der Waals surface area contributed by atoms with E-state index < -0.39 is 6.10 Å². The van der Waals surface area contributed by atoms with E-state index in [9.17, 15) is 5.11 Å². The van der Waals surface area contributed by atoms with Crippen LogP contribution >= 0.6 is 0 Å². The van der Waals surface area contributed by atoms with Crippen LogP contribution in [-0.4, -0.2) is 12.2 Å². The van der Waals surface area contributed by atoms with Crippen LogP contribution in [0.15, 0.2) is 48.5 Å². The number of ether oxygens (including phenoxy) is 1. The second kappa shape index (κ2) is 5.68. The second-order valence-electron chi connectivity index (χ2n) is 6.09. The Morgan fingerprint density at radius 3 is 2.15 bits per heavy atom. The summed E-state index contributed by atoms with van der Waals surface area (Å²) in [4.78, 5) is 0. The van der Waals surface area contributed by atoms with Gasteiger partial charge < -0.3 is 9.84 Å². The maximum atomic E-state index is 10.6. The first kappa shape index (κ1) is 14.6. The van der Waals surface area contributed by atoms with Crippen LogP contribution in [0.25, 0.3) is 11.1 Å². The summed E-state index contributed by atoms with van der Waals surface area (Å²) < 4.78 is 5.39. The summed E-state index contributed by atoms with van der Waals surface area (Å²) in [6, 6.07) is 16.1. The number of benzene rings is 2. The lowest BCUT2D eigenvalue weighted by Crippen LogP contribution is -2.18. The van der Waals surface area contributed by atoms with Gasteiger partial charge in [0.1, 0.15) is 5.75 Å². The minimum absolute atomic E-state index is 0.234. The third kappa shape index (κ3) is 3.02. The molecule has 0 amide bonds. The van der Waals surface area contributed by atoms with Crippen LogP contribution in [0.4, 0.5) is 0 Å². The Bertz CT molecular complexity index is 568. The lowest BCUT2D eigenvalue weighted by molar-refractivity contribution is 0.0604. The van der Waals surface area contributed by atoms with E-state index in [1.54, 1.807) is 7.11 Å². The predicted octanol–water partition coefficient (Wildman–Crippen LogP) is 4.44. The SMILES string of the molecule is COc1ccc(-c2ccccc2)cc1[C@H](O)C(C)(C)C. The third-order valence-electron chi connectivity index (χ3n) is 3.45. The lowest BCUT2D eigenvalue weighted by Gasteiger charge is -2.27. The van der Waals surface area contributed by atoms with E-state index in [1.165, 1.54) is 0 Å². The summed E-state index contributed by atoms with van der Waals surface area (Å²) in [6.45, 7) is 6.06. The Labute approximate surface area is 121 Å². The van der Waals surface area contributed by atoms with E-state index in [1.807, 2.05) is 57.2 Å². The van der Waals surface area contributed by atoms with Crippen molar-refractivity contribution in [2.45, 2.75) is 26.9 Å². The van der Waals surface area contributed by atoms with Gasteiger partial charge in [0.25, 0.3) is 0 Å². The largest absolute Gasteiger partial charge is 0.496 e. The first-order chi connectivity index (χ1) is 9.43. The molecular weight excluding hydrogens is 248 g/mol. The summed E-state index contributed by atoms with van der Waals surface area (Å²) in [5.74, 6) is 0.729. The van der Waals surface area contributed by atoms with Gasteiger partial charge in [-0.1, -0.05) is 57.2 Å². The normalized spacial score (nSPS) is 13.1. The number of aliphatic hydroxyl groups excluding tert-OH is 1. The zero-order valence-electron chi connectivity index (χ0n) is 12.6. The molecule has 0 saturated carbocycles. The van der Waals surface area contributed by atoms with Crippen molar-refractivity contribution < 1.29 is 9.84 Å². The molecule has 0 unspecified atom stereocenters. The third-order valence-corrected chi connectivity index (χ3v) is 3.45. The fourth-order valence-corrected chi connectivity index (χ4v) is 2.22. The van der Waals surface area contributed by atoms with E-state index in [4.69, 9.17) is 4.74 Å². The highest BCUT2D eigenvalue weighted by Gasteiger charge is 2.26. The fourth-order valence-electron chi connectivity index (χ4n) is 2.22. The van der Waals surface area contributed by atoms with Crippen LogP contribution in [-0.2, 0) is 0 Å². The molecule has 1 N–H and O–H groups in total. The Balaban J connectivity index is 2.50. The minimum Gasteiger partial charge on any atom is -0.496 e. The lowest BCUT2D eigenvalue weighted by atomic mass is 9.83. The molecule has 20 heavy (non-hydrogen) atoms. The molecule has 0 saturated heterocycles. The van der Waals surface area contributed by atoms with E-state index in [-0.39, 0.29) is 5.41 Å². The van der Waals surface area contributed by atoms with Gasteiger partial charge in [0.15, 0.2) is 0 Å². The molecule has 106 valence electrons. The monoisotopic (exact) mass is 270 g/mol.